The van der Waals surface area contributed by atoms with Crippen LogP contribution in [0.1, 0.15) is 5.76 Å². The molecule has 64 valence electrons. The molecule has 12 heavy (non-hydrogen) atoms. The first-order chi connectivity index (χ1) is 5.59. The van der Waals surface area contributed by atoms with Crippen LogP contribution in [0, 0.1) is 15.3 Å². The molecule has 0 bridgehead atoms. The molecule has 6 nitrogen and oxygen atoms in total. The van der Waals surface area contributed by atoms with Crippen LogP contribution in [0.2, 0.25) is 0 Å². The SMILES string of the molecule is C/[N+]([O-])=C/c1cc([N+](=O)[O-])co1. The molecule has 0 aliphatic rings. The van der Waals surface area contributed by atoms with Gasteiger partial charge in [0.15, 0.2) is 12.0 Å². The van der Waals surface area contributed by atoms with Crippen molar-refractivity contribution in [3.63, 3.8) is 0 Å². The maximum absolute atomic E-state index is 10.4. The number of rotatable bonds is 2. The van der Waals surface area contributed by atoms with Gasteiger partial charge in [-0.25, -0.2) is 4.74 Å². The zero-order valence-corrected chi connectivity index (χ0v) is 6.26. The van der Waals surface area contributed by atoms with E-state index in [9.17, 15) is 15.3 Å². The van der Waals surface area contributed by atoms with Gasteiger partial charge in [0.1, 0.15) is 7.05 Å². The monoisotopic (exact) mass is 170 g/mol. The van der Waals surface area contributed by atoms with Gasteiger partial charge in [0.05, 0.1) is 11.0 Å². The Bertz CT molecular complexity index is 324. The Morgan fingerprint density at radius 1 is 1.58 bits per heavy atom. The summed E-state index contributed by atoms with van der Waals surface area (Å²) in [6.45, 7) is 0. The maximum Gasteiger partial charge on any atom is 0.308 e. The first-order valence-electron chi connectivity index (χ1n) is 3.07. The van der Waals surface area contributed by atoms with Crippen LogP contribution in [0.3, 0.4) is 0 Å². The van der Waals surface area contributed by atoms with Gasteiger partial charge in [-0.05, 0) is 0 Å². The van der Waals surface area contributed by atoms with E-state index in [4.69, 9.17) is 4.42 Å². The van der Waals surface area contributed by atoms with Crippen LogP contribution in [0.15, 0.2) is 16.7 Å². The Hall–Kier alpha value is -1.85. The molecule has 0 N–H and O–H groups in total. The molecule has 1 rings (SSSR count). The highest BCUT2D eigenvalue weighted by Crippen LogP contribution is 2.13. The van der Waals surface area contributed by atoms with Crippen molar-refractivity contribution < 1.29 is 14.1 Å². The molecule has 1 aromatic rings. The van der Waals surface area contributed by atoms with Crippen LogP contribution in [0.5, 0.6) is 0 Å². The van der Waals surface area contributed by atoms with Gasteiger partial charge in [0.25, 0.3) is 0 Å². The summed E-state index contributed by atoms with van der Waals surface area (Å²) in [5, 5.41) is 20.6. The van der Waals surface area contributed by atoms with Crippen molar-refractivity contribution >= 4 is 11.9 Å². The molecule has 0 spiro atoms. The third-order valence-corrected chi connectivity index (χ3v) is 1.13. The van der Waals surface area contributed by atoms with E-state index in [-0.39, 0.29) is 11.4 Å². The maximum atomic E-state index is 10.4. The summed E-state index contributed by atoms with van der Waals surface area (Å²) in [4.78, 5) is 9.55. The molecule has 1 heterocycles. The smallest absolute Gasteiger partial charge is 0.308 e. The molecular weight excluding hydrogens is 164 g/mol. The third kappa shape index (κ3) is 1.82. The standard InChI is InChI=1S/C6H6N2O4/c1-7(9)3-6-2-5(4-12-6)8(10)11/h2-4H,1H3/b7-3-. The topological polar surface area (TPSA) is 82.3 Å². The summed E-state index contributed by atoms with van der Waals surface area (Å²) < 4.78 is 5.20. The molecule has 1 aromatic heterocycles. The lowest BCUT2D eigenvalue weighted by Gasteiger charge is -1.89. The molecule has 0 aliphatic carbocycles. The van der Waals surface area contributed by atoms with Crippen LogP contribution in [-0.4, -0.2) is 22.9 Å². The van der Waals surface area contributed by atoms with E-state index in [0.29, 0.717) is 4.74 Å². The van der Waals surface area contributed by atoms with E-state index in [1.54, 1.807) is 0 Å². The van der Waals surface area contributed by atoms with E-state index in [1.165, 1.54) is 13.1 Å². The second-order valence-electron chi connectivity index (χ2n) is 2.14. The van der Waals surface area contributed by atoms with Crippen LogP contribution >= 0.6 is 0 Å². The molecule has 0 radical (unpaired) electrons. The molecule has 0 unspecified atom stereocenters. The van der Waals surface area contributed by atoms with Crippen molar-refractivity contribution in [1.82, 2.24) is 0 Å². The van der Waals surface area contributed by atoms with E-state index in [1.807, 2.05) is 0 Å². The quantitative estimate of drug-likeness (QED) is 0.215. The average Bonchev–Trinajstić information content (AvgIpc) is 2.34. The highest BCUT2D eigenvalue weighted by atomic mass is 16.6. The summed E-state index contributed by atoms with van der Waals surface area (Å²) in [7, 11) is 1.26. The minimum absolute atomic E-state index is 0.164. The van der Waals surface area contributed by atoms with Gasteiger partial charge in [0, 0.05) is 0 Å². The van der Waals surface area contributed by atoms with E-state index in [2.05, 4.69) is 0 Å². The second kappa shape index (κ2) is 3.04. The highest BCUT2D eigenvalue weighted by molar-refractivity contribution is 5.72. The number of nitrogens with zero attached hydrogens (tertiary/aromatic N) is 2. The van der Waals surface area contributed by atoms with Gasteiger partial charge >= 0.3 is 5.69 Å². The Labute approximate surface area is 67.5 Å². The number of nitro groups is 1. The Morgan fingerprint density at radius 3 is 2.67 bits per heavy atom. The lowest BCUT2D eigenvalue weighted by molar-refractivity contribution is -0.417. The number of hydrogen-bond donors (Lipinski definition) is 0. The molecule has 0 saturated carbocycles. The molecule has 0 aromatic carbocycles. The fourth-order valence-corrected chi connectivity index (χ4v) is 0.685. The normalized spacial score (nSPS) is 11.6. The second-order valence-corrected chi connectivity index (χ2v) is 2.14. The van der Waals surface area contributed by atoms with E-state index < -0.39 is 4.92 Å². The first-order valence-corrected chi connectivity index (χ1v) is 3.07. The predicted octanol–water partition coefficient (Wildman–Crippen LogP) is 0.747. The van der Waals surface area contributed by atoms with Crippen LogP contribution in [0.25, 0.3) is 0 Å². The lowest BCUT2D eigenvalue weighted by Crippen LogP contribution is -1.95. The van der Waals surface area contributed by atoms with Gasteiger partial charge in [-0.2, -0.15) is 0 Å². The van der Waals surface area contributed by atoms with Crippen molar-refractivity contribution in [3.05, 3.63) is 33.4 Å². The summed E-state index contributed by atoms with van der Waals surface area (Å²) in [5.74, 6) is 0.166. The zero-order chi connectivity index (χ0) is 9.14. The Morgan fingerprint density at radius 2 is 2.25 bits per heavy atom. The fourth-order valence-electron chi connectivity index (χ4n) is 0.685. The van der Waals surface area contributed by atoms with Crippen molar-refractivity contribution in [2.75, 3.05) is 7.05 Å². The first kappa shape index (κ1) is 8.25. The molecule has 0 saturated heterocycles. The minimum Gasteiger partial charge on any atom is -0.624 e. The van der Waals surface area contributed by atoms with Gasteiger partial charge in [0.2, 0.25) is 6.21 Å². The van der Waals surface area contributed by atoms with Crippen LogP contribution in [-0.2, 0) is 0 Å². The molecule has 0 atom stereocenters. The molecule has 0 aliphatic heterocycles. The van der Waals surface area contributed by atoms with Crippen LogP contribution in [0.4, 0.5) is 5.69 Å². The predicted molar refractivity (Wildman–Crippen MR) is 40.1 cm³/mol. The lowest BCUT2D eigenvalue weighted by atomic mass is 10.4. The average molecular weight is 170 g/mol. The Balaban J connectivity index is 2.92. The number of hydrogen-bond acceptors (Lipinski definition) is 4. The summed E-state index contributed by atoms with van der Waals surface area (Å²) in [5.41, 5.74) is -0.164. The molecule has 6 heteroatoms. The van der Waals surface area contributed by atoms with Crippen LogP contribution < -0.4 is 0 Å². The van der Waals surface area contributed by atoms with E-state index in [0.717, 1.165) is 12.5 Å². The fraction of sp³-hybridized carbons (Fsp3) is 0.167. The van der Waals surface area contributed by atoms with Gasteiger partial charge in [-0.15, -0.1) is 0 Å². The largest absolute Gasteiger partial charge is 0.624 e. The van der Waals surface area contributed by atoms with Gasteiger partial charge in [-0.1, -0.05) is 0 Å². The van der Waals surface area contributed by atoms with E-state index >= 15 is 0 Å². The minimum atomic E-state index is -0.592. The van der Waals surface area contributed by atoms with Crippen molar-refractivity contribution in [2.45, 2.75) is 0 Å². The van der Waals surface area contributed by atoms with Crippen molar-refractivity contribution in [2.24, 2.45) is 0 Å². The number of furan rings is 1. The summed E-state index contributed by atoms with van der Waals surface area (Å²) in [6.07, 6.45) is 2.09. The zero-order valence-electron chi connectivity index (χ0n) is 6.26. The van der Waals surface area contributed by atoms with Crippen molar-refractivity contribution in [1.29, 1.82) is 0 Å². The highest BCUT2D eigenvalue weighted by Gasteiger charge is 2.10. The third-order valence-electron chi connectivity index (χ3n) is 1.13. The molecular formula is C6H6N2O4. The summed E-state index contributed by atoms with van der Waals surface area (Å²) in [6, 6.07) is 1.17. The number of hydroxylamine groups is 1. The van der Waals surface area contributed by atoms with Gasteiger partial charge < -0.3 is 9.62 Å². The summed E-state index contributed by atoms with van der Waals surface area (Å²) >= 11 is 0. The molecule has 0 amide bonds. The Kier molecular flexibility index (Phi) is 2.09. The van der Waals surface area contributed by atoms with Gasteiger partial charge in [-0.3, -0.25) is 10.1 Å². The van der Waals surface area contributed by atoms with Crippen molar-refractivity contribution in [3.8, 4) is 0 Å². The molecule has 0 fully saturated rings.